The van der Waals surface area contributed by atoms with Crippen LogP contribution in [0.4, 0.5) is 0 Å². The normalized spacial score (nSPS) is 22.6. The summed E-state index contributed by atoms with van der Waals surface area (Å²) in [5.74, 6) is 0.0480. The molecule has 7 nitrogen and oxygen atoms in total. The Morgan fingerprint density at radius 2 is 2.05 bits per heavy atom. The first-order chi connectivity index (χ1) is 10.3. The molecular weight excluding hydrogens is 272 g/mol. The average Bonchev–Trinajstić information content (AvgIpc) is 3.18. The van der Waals surface area contributed by atoms with Gasteiger partial charge in [0.1, 0.15) is 12.6 Å². The van der Waals surface area contributed by atoms with E-state index in [2.05, 4.69) is 4.98 Å². The van der Waals surface area contributed by atoms with E-state index in [9.17, 15) is 9.59 Å². The average molecular weight is 292 g/mol. The lowest BCUT2D eigenvalue weighted by atomic mass is 10.2. The summed E-state index contributed by atoms with van der Waals surface area (Å²) < 4.78 is 7.01. The lowest BCUT2D eigenvalue weighted by Gasteiger charge is -2.32. The zero-order valence-corrected chi connectivity index (χ0v) is 12.0. The molecule has 3 heterocycles. The van der Waals surface area contributed by atoms with E-state index in [1.165, 1.54) is 0 Å². The van der Waals surface area contributed by atoms with E-state index in [0.29, 0.717) is 32.8 Å². The van der Waals surface area contributed by atoms with Gasteiger partial charge in [0.25, 0.3) is 0 Å². The number of morpholine rings is 1. The maximum atomic E-state index is 12.6. The van der Waals surface area contributed by atoms with Gasteiger partial charge in [-0.15, -0.1) is 0 Å². The van der Waals surface area contributed by atoms with Gasteiger partial charge in [-0.05, 0) is 12.8 Å². The summed E-state index contributed by atoms with van der Waals surface area (Å²) in [4.78, 5) is 32.4. The van der Waals surface area contributed by atoms with E-state index in [4.69, 9.17) is 4.74 Å². The first-order valence-electron chi connectivity index (χ1n) is 7.37. The Morgan fingerprint density at radius 3 is 2.76 bits per heavy atom. The number of amides is 2. The Hall–Kier alpha value is -1.89. The van der Waals surface area contributed by atoms with Gasteiger partial charge in [0.05, 0.1) is 19.5 Å². The van der Waals surface area contributed by atoms with Gasteiger partial charge in [0.2, 0.25) is 11.8 Å². The molecule has 0 unspecified atom stereocenters. The first-order valence-corrected chi connectivity index (χ1v) is 7.37. The summed E-state index contributed by atoms with van der Waals surface area (Å²) in [7, 11) is 0. The first kappa shape index (κ1) is 14.1. The van der Waals surface area contributed by atoms with Crippen LogP contribution in [0.15, 0.2) is 18.7 Å². The molecule has 1 aromatic heterocycles. The van der Waals surface area contributed by atoms with Gasteiger partial charge >= 0.3 is 0 Å². The quantitative estimate of drug-likeness (QED) is 0.769. The molecule has 2 amide bonds. The highest BCUT2D eigenvalue weighted by Gasteiger charge is 2.36. The highest BCUT2D eigenvalue weighted by molar-refractivity contribution is 5.88. The van der Waals surface area contributed by atoms with E-state index in [1.54, 1.807) is 28.2 Å². The molecule has 1 atom stereocenters. The molecule has 3 rings (SSSR count). The van der Waals surface area contributed by atoms with E-state index in [1.807, 2.05) is 4.90 Å². The predicted molar refractivity (Wildman–Crippen MR) is 74.4 cm³/mol. The van der Waals surface area contributed by atoms with Gasteiger partial charge in [0, 0.05) is 32.0 Å². The Kier molecular flexibility index (Phi) is 4.19. The summed E-state index contributed by atoms with van der Waals surface area (Å²) in [6.07, 6.45) is 6.66. The third-order valence-electron chi connectivity index (χ3n) is 4.06. The topological polar surface area (TPSA) is 67.7 Å². The molecule has 0 aliphatic carbocycles. The summed E-state index contributed by atoms with van der Waals surface area (Å²) in [5.41, 5.74) is 0. The van der Waals surface area contributed by atoms with Crippen molar-refractivity contribution >= 4 is 11.8 Å². The monoisotopic (exact) mass is 292 g/mol. The number of carbonyl (C=O) groups is 2. The molecule has 114 valence electrons. The van der Waals surface area contributed by atoms with Crippen molar-refractivity contribution in [2.75, 3.05) is 32.8 Å². The third-order valence-corrected chi connectivity index (χ3v) is 4.06. The molecule has 0 aromatic carbocycles. The standard InChI is InChI=1S/C14H20N4O3/c19-13(10-16-5-3-15-11-16)18-4-1-2-12(18)14(20)17-6-8-21-9-7-17/h3,5,11-12H,1-2,4,6-10H2/t12-/m0/s1. The number of nitrogens with zero attached hydrogens (tertiary/aromatic N) is 4. The fourth-order valence-corrected chi connectivity index (χ4v) is 2.94. The van der Waals surface area contributed by atoms with Crippen LogP contribution < -0.4 is 0 Å². The van der Waals surface area contributed by atoms with Gasteiger partial charge in [-0.2, -0.15) is 0 Å². The largest absolute Gasteiger partial charge is 0.378 e. The van der Waals surface area contributed by atoms with Crippen LogP contribution in [0.25, 0.3) is 0 Å². The second-order valence-electron chi connectivity index (χ2n) is 5.42. The minimum absolute atomic E-state index is 0.0166. The van der Waals surface area contributed by atoms with Crippen LogP contribution in [0, 0.1) is 0 Å². The Labute approximate surface area is 123 Å². The van der Waals surface area contributed by atoms with Crippen molar-refractivity contribution in [2.45, 2.75) is 25.4 Å². The van der Waals surface area contributed by atoms with E-state index in [0.717, 1.165) is 12.8 Å². The zero-order chi connectivity index (χ0) is 14.7. The number of likely N-dealkylation sites (tertiary alicyclic amines) is 1. The summed E-state index contributed by atoms with van der Waals surface area (Å²) >= 11 is 0. The van der Waals surface area contributed by atoms with Crippen molar-refractivity contribution in [3.05, 3.63) is 18.7 Å². The van der Waals surface area contributed by atoms with Gasteiger partial charge in [-0.1, -0.05) is 0 Å². The predicted octanol–water partition coefficient (Wildman–Crippen LogP) is -0.267. The molecule has 2 saturated heterocycles. The third kappa shape index (κ3) is 3.07. The van der Waals surface area contributed by atoms with Gasteiger partial charge in [0.15, 0.2) is 0 Å². The molecule has 0 bridgehead atoms. The number of ether oxygens (including phenoxy) is 1. The van der Waals surface area contributed by atoms with Crippen molar-refractivity contribution in [3.63, 3.8) is 0 Å². The number of hydrogen-bond donors (Lipinski definition) is 0. The molecule has 2 fully saturated rings. The van der Waals surface area contributed by atoms with Crippen LogP contribution in [0.3, 0.4) is 0 Å². The van der Waals surface area contributed by atoms with E-state index in [-0.39, 0.29) is 24.4 Å². The maximum absolute atomic E-state index is 12.6. The second-order valence-corrected chi connectivity index (χ2v) is 5.42. The fourth-order valence-electron chi connectivity index (χ4n) is 2.94. The number of aromatic nitrogens is 2. The van der Waals surface area contributed by atoms with Crippen molar-refractivity contribution in [3.8, 4) is 0 Å². The summed E-state index contributed by atoms with van der Waals surface area (Å²) in [5, 5.41) is 0. The SMILES string of the molecule is O=C([C@@H]1CCCN1C(=O)Cn1ccnc1)N1CCOCC1. The molecule has 2 aliphatic rings. The minimum atomic E-state index is -0.306. The molecular formula is C14H20N4O3. The molecule has 1 aromatic rings. The molecule has 0 N–H and O–H groups in total. The number of carbonyl (C=O) groups excluding carboxylic acids is 2. The zero-order valence-electron chi connectivity index (χ0n) is 12.0. The lowest BCUT2D eigenvalue weighted by Crippen LogP contribution is -2.51. The highest BCUT2D eigenvalue weighted by Crippen LogP contribution is 2.20. The second kappa shape index (κ2) is 6.26. The minimum Gasteiger partial charge on any atom is -0.378 e. The van der Waals surface area contributed by atoms with Gasteiger partial charge < -0.3 is 19.1 Å². The molecule has 21 heavy (non-hydrogen) atoms. The Morgan fingerprint density at radius 1 is 1.24 bits per heavy atom. The molecule has 0 radical (unpaired) electrons. The number of hydrogen-bond acceptors (Lipinski definition) is 4. The van der Waals surface area contributed by atoms with Crippen molar-refractivity contribution in [1.82, 2.24) is 19.4 Å². The Bertz CT molecular complexity index is 496. The smallest absolute Gasteiger partial charge is 0.245 e. The molecule has 0 spiro atoms. The van der Waals surface area contributed by atoms with E-state index >= 15 is 0 Å². The molecule has 2 aliphatic heterocycles. The van der Waals surface area contributed by atoms with Crippen LogP contribution in [0.1, 0.15) is 12.8 Å². The number of imidazole rings is 1. The van der Waals surface area contributed by atoms with E-state index < -0.39 is 0 Å². The van der Waals surface area contributed by atoms with Crippen molar-refractivity contribution in [2.24, 2.45) is 0 Å². The fraction of sp³-hybridized carbons (Fsp3) is 0.643. The van der Waals surface area contributed by atoms with Crippen molar-refractivity contribution < 1.29 is 14.3 Å². The van der Waals surface area contributed by atoms with Crippen molar-refractivity contribution in [1.29, 1.82) is 0 Å². The van der Waals surface area contributed by atoms with Crippen LogP contribution in [-0.2, 0) is 20.9 Å². The molecule has 0 saturated carbocycles. The van der Waals surface area contributed by atoms with Crippen LogP contribution in [-0.4, -0.2) is 70.1 Å². The lowest BCUT2D eigenvalue weighted by molar-refractivity contribution is -0.146. The van der Waals surface area contributed by atoms with Gasteiger partial charge in [-0.3, -0.25) is 9.59 Å². The summed E-state index contributed by atoms with van der Waals surface area (Å²) in [6.45, 7) is 3.32. The number of rotatable bonds is 3. The maximum Gasteiger partial charge on any atom is 0.245 e. The van der Waals surface area contributed by atoms with Crippen LogP contribution in [0.5, 0.6) is 0 Å². The molecule has 7 heteroatoms. The highest BCUT2D eigenvalue weighted by atomic mass is 16.5. The Balaban J connectivity index is 1.64. The van der Waals surface area contributed by atoms with Crippen LogP contribution in [0.2, 0.25) is 0 Å². The summed E-state index contributed by atoms with van der Waals surface area (Å²) in [6, 6.07) is -0.306. The van der Waals surface area contributed by atoms with Crippen LogP contribution >= 0.6 is 0 Å². The van der Waals surface area contributed by atoms with Gasteiger partial charge in [-0.25, -0.2) is 4.98 Å².